The van der Waals surface area contributed by atoms with Crippen LogP contribution in [0.2, 0.25) is 0 Å². The summed E-state index contributed by atoms with van der Waals surface area (Å²) in [7, 11) is 2.03. The molecule has 11 heteroatoms. The summed E-state index contributed by atoms with van der Waals surface area (Å²) in [5.41, 5.74) is 14.2. The number of hydrogen-bond donors (Lipinski definition) is 0. The van der Waals surface area contributed by atoms with Crippen LogP contribution >= 0.6 is 0 Å². The van der Waals surface area contributed by atoms with Gasteiger partial charge in [0, 0.05) is 86.8 Å². The summed E-state index contributed by atoms with van der Waals surface area (Å²) in [5.74, 6) is 1.15. The molecule has 73 heavy (non-hydrogen) atoms. The first-order chi connectivity index (χ1) is 34.4. The SMILES string of the molecule is CC(C)(C)c1ccc[c-]c1N1[CH-]N(CCCCN2[CH-]N(c3[c-]cccc3C(C)(C)C)c3ccccc32)c2ccccc21.CN1[CH-]N(c2[c-]c(Oc3[c-]c(-c4[c-]cccn4)ncc3)ccc2)c2ccccc21.[Ir].[Pt]. The molecule has 0 unspecified atom stereocenters. The van der Waals surface area contributed by atoms with Crippen LogP contribution in [0.1, 0.15) is 65.5 Å². The van der Waals surface area contributed by atoms with Crippen molar-refractivity contribution in [1.82, 2.24) is 9.97 Å². The Balaban J connectivity index is 0.000000201. The van der Waals surface area contributed by atoms with Crippen molar-refractivity contribution in [2.75, 3.05) is 49.5 Å². The van der Waals surface area contributed by atoms with Crippen LogP contribution in [-0.2, 0) is 52.0 Å². The maximum absolute atomic E-state index is 6.01. The van der Waals surface area contributed by atoms with Gasteiger partial charge in [0.15, 0.2) is 0 Å². The van der Waals surface area contributed by atoms with Gasteiger partial charge in [-0.3, -0.25) is 0 Å². The average Bonchev–Trinajstić information content (AvgIpc) is 4.06. The minimum absolute atomic E-state index is 0. The zero-order valence-electron chi connectivity index (χ0n) is 42.2. The van der Waals surface area contributed by atoms with E-state index < -0.39 is 0 Å². The maximum Gasteiger partial charge on any atom is 0.0326 e. The van der Waals surface area contributed by atoms with E-state index in [2.05, 4.69) is 210 Å². The van der Waals surface area contributed by atoms with Gasteiger partial charge in [0.2, 0.25) is 0 Å². The molecule has 0 saturated carbocycles. The fourth-order valence-electron chi connectivity index (χ4n) is 9.31. The van der Waals surface area contributed by atoms with E-state index in [1.807, 2.05) is 62.2 Å². The third-order valence-corrected chi connectivity index (χ3v) is 12.8. The maximum atomic E-state index is 6.01. The average molecular weight is 1320 g/mol. The summed E-state index contributed by atoms with van der Waals surface area (Å²) in [6.07, 6.45) is 5.54. The third-order valence-electron chi connectivity index (χ3n) is 12.8. The van der Waals surface area contributed by atoms with Crippen LogP contribution in [0.15, 0.2) is 158 Å². The van der Waals surface area contributed by atoms with E-state index >= 15 is 0 Å². The van der Waals surface area contributed by atoms with E-state index in [0.717, 1.165) is 54.4 Å². The molecule has 0 amide bonds. The molecule has 1 radical (unpaired) electrons. The number of hydrogen-bond acceptors (Lipinski definition) is 9. The fourth-order valence-corrected chi connectivity index (χ4v) is 9.31. The predicted octanol–water partition coefficient (Wildman–Crippen LogP) is 14.6. The molecule has 3 aliphatic rings. The van der Waals surface area contributed by atoms with Gasteiger partial charge >= 0.3 is 0 Å². The number of rotatable bonds is 11. The summed E-state index contributed by atoms with van der Waals surface area (Å²) in [6.45, 7) is 22.1. The molecule has 11 rings (SSSR count). The van der Waals surface area contributed by atoms with Gasteiger partial charge in [-0.1, -0.05) is 88.8 Å². The zero-order chi connectivity index (χ0) is 49.1. The molecule has 0 fully saturated rings. The summed E-state index contributed by atoms with van der Waals surface area (Å²) < 4.78 is 6.01. The number of unbranched alkanes of at least 4 members (excludes halogenated alkanes) is 1. The second kappa shape index (κ2) is 22.8. The number of nitrogens with zero attached hydrogens (tertiary/aromatic N) is 8. The van der Waals surface area contributed by atoms with Gasteiger partial charge < -0.3 is 44.1 Å². The first kappa shape index (κ1) is 52.9. The van der Waals surface area contributed by atoms with Crippen LogP contribution in [0.5, 0.6) is 11.5 Å². The minimum Gasteiger partial charge on any atom is -0.510 e. The summed E-state index contributed by atoms with van der Waals surface area (Å²) in [5, 5.41) is 0. The molecule has 5 heterocycles. The number of anilines is 9. The first-order valence-electron chi connectivity index (χ1n) is 24.3. The Kier molecular flexibility index (Phi) is 16.5. The van der Waals surface area contributed by atoms with Gasteiger partial charge in [0.25, 0.3) is 0 Å². The molecule has 0 atom stereocenters. The molecule has 0 N–H and O–H groups in total. The van der Waals surface area contributed by atoms with E-state index in [0.29, 0.717) is 22.9 Å². The van der Waals surface area contributed by atoms with Crippen LogP contribution in [-0.4, -0.2) is 30.1 Å². The topological polar surface area (TPSA) is 54.5 Å². The number of pyridine rings is 2. The van der Waals surface area contributed by atoms with Crippen molar-refractivity contribution >= 4 is 51.2 Å². The zero-order valence-corrected chi connectivity index (χ0v) is 46.9. The number of benzene rings is 6. The molecular formula is C62H58IrN8OPt-8. The molecule has 3 aliphatic heterocycles. The van der Waals surface area contributed by atoms with Crippen molar-refractivity contribution in [2.45, 2.75) is 65.2 Å². The van der Waals surface area contributed by atoms with Gasteiger partial charge in [-0.2, -0.15) is 86.7 Å². The molecule has 8 aromatic rings. The molecular weight excluding hydrogens is 1260 g/mol. The molecule has 9 nitrogen and oxygen atoms in total. The Labute approximate surface area is 461 Å². The monoisotopic (exact) mass is 1320 g/mol. The predicted molar refractivity (Wildman–Crippen MR) is 289 cm³/mol. The Bertz CT molecular complexity index is 3000. The van der Waals surface area contributed by atoms with E-state index in [-0.39, 0.29) is 52.0 Å². The van der Waals surface area contributed by atoms with Crippen molar-refractivity contribution in [1.29, 1.82) is 0 Å². The van der Waals surface area contributed by atoms with Crippen LogP contribution in [0.25, 0.3) is 11.4 Å². The Morgan fingerprint density at radius 1 is 0.479 bits per heavy atom. The Morgan fingerprint density at radius 2 is 0.973 bits per heavy atom. The number of para-hydroxylation sites is 8. The molecule has 379 valence electrons. The Morgan fingerprint density at radius 3 is 1.51 bits per heavy atom. The van der Waals surface area contributed by atoms with Crippen LogP contribution < -0.4 is 34.1 Å². The molecule has 6 aromatic carbocycles. The molecule has 0 saturated heterocycles. The van der Waals surface area contributed by atoms with Gasteiger partial charge in [0.05, 0.1) is 0 Å². The first-order valence-corrected chi connectivity index (χ1v) is 24.3. The van der Waals surface area contributed by atoms with E-state index in [1.165, 1.54) is 33.9 Å². The van der Waals surface area contributed by atoms with Crippen LogP contribution in [0.4, 0.5) is 51.2 Å². The van der Waals surface area contributed by atoms with E-state index in [4.69, 9.17) is 4.74 Å². The Hall–Kier alpha value is -6.44. The second-order valence-corrected chi connectivity index (χ2v) is 19.9. The van der Waals surface area contributed by atoms with Gasteiger partial charge in [-0.05, 0) is 81.8 Å². The fraction of sp³-hybridized carbons (Fsp3) is 0.210. The van der Waals surface area contributed by atoms with E-state index in [9.17, 15) is 0 Å². The summed E-state index contributed by atoms with van der Waals surface area (Å²) >= 11 is 0. The normalized spacial score (nSPS) is 13.6. The van der Waals surface area contributed by atoms with Crippen molar-refractivity contribution in [3.05, 3.63) is 219 Å². The largest absolute Gasteiger partial charge is 0.510 e. The molecule has 0 bridgehead atoms. The van der Waals surface area contributed by atoms with Crippen molar-refractivity contribution in [3.63, 3.8) is 0 Å². The van der Waals surface area contributed by atoms with Gasteiger partial charge in [0.1, 0.15) is 0 Å². The summed E-state index contributed by atoms with van der Waals surface area (Å²) in [6, 6.07) is 66.2. The second-order valence-electron chi connectivity index (χ2n) is 19.9. The van der Waals surface area contributed by atoms with Gasteiger partial charge in [-0.15, -0.1) is 69.9 Å². The molecule has 0 spiro atoms. The standard InChI is InChI=1S/C38H42N4.C24H16N4O.Ir.Pt/c1-37(2,3)29-17-7-9-19-31(29)41-27-39(33-21-11-13-23-35(33)41)25-15-16-26-40-28-42(36-24-14-12-22-34(36)40)32-20-10-8-18-30(32)38(4,5)6;1-27-17-28(24-11-3-2-10-23(24)27)18-7-6-8-19(15-18)29-20-12-14-26-22(16-20)21-9-4-5-13-25-21;;/h7-14,17-18,21-24,27-28H,15-16,25-26H2,1-6H3;2-8,10-14,17H,1H3;;/q2*-4;;. The molecule has 0 aliphatic carbocycles. The molecule has 2 aromatic heterocycles. The number of aromatic nitrogens is 2. The quantitative estimate of drug-likeness (QED) is 0.0931. The van der Waals surface area contributed by atoms with Crippen LogP contribution in [0, 0.1) is 50.3 Å². The van der Waals surface area contributed by atoms with Crippen LogP contribution in [0.3, 0.4) is 0 Å². The minimum atomic E-state index is 0. The van der Waals surface area contributed by atoms with Gasteiger partial charge in [-0.25, -0.2) is 6.07 Å². The summed E-state index contributed by atoms with van der Waals surface area (Å²) in [4.78, 5) is 22.2. The number of fused-ring (bicyclic) bond motifs is 3. The van der Waals surface area contributed by atoms with Crippen molar-refractivity contribution < 1.29 is 45.9 Å². The smallest absolute Gasteiger partial charge is 0.0326 e. The number of ether oxygens (including phenoxy) is 1. The van der Waals surface area contributed by atoms with E-state index in [1.54, 1.807) is 24.5 Å². The van der Waals surface area contributed by atoms with Crippen molar-refractivity contribution in [3.8, 4) is 22.9 Å². The third kappa shape index (κ3) is 11.5. The van der Waals surface area contributed by atoms with Crippen molar-refractivity contribution in [2.24, 2.45) is 0 Å².